The highest BCUT2D eigenvalue weighted by Crippen LogP contribution is 2.01. The Bertz CT molecular complexity index is 106. The quantitative estimate of drug-likeness (QED) is 0.469. The summed E-state index contributed by atoms with van der Waals surface area (Å²) in [4.78, 5) is 0. The predicted molar refractivity (Wildman–Crippen MR) is 35.5 cm³/mol. The monoisotopic (exact) mass is 148 g/mol. The number of aliphatic hydroxyl groups is 1. The molecule has 0 amide bonds. The molecule has 0 spiro atoms. The fraction of sp³-hybridized carbons (Fsp3) is 0.667. The highest BCUT2D eigenvalue weighted by molar-refractivity contribution is 4.88. The molecule has 0 heterocycles. The second kappa shape index (κ2) is 5.08. The number of hydrogen-bond donors (Lipinski definition) is 1. The second-order valence-electron chi connectivity index (χ2n) is 1.58. The van der Waals surface area contributed by atoms with Gasteiger partial charge in [-0.1, -0.05) is 0 Å². The first-order chi connectivity index (χ1) is 4.76. The van der Waals surface area contributed by atoms with Crippen LogP contribution in [-0.4, -0.2) is 32.7 Å². The van der Waals surface area contributed by atoms with Crippen LogP contribution in [0.15, 0.2) is 12.0 Å². The van der Waals surface area contributed by atoms with Crippen molar-refractivity contribution in [2.24, 2.45) is 0 Å². The smallest absolute Gasteiger partial charge is 0.219 e. The van der Waals surface area contributed by atoms with Gasteiger partial charge in [0.2, 0.25) is 6.29 Å². The molecule has 0 rings (SSSR count). The Balaban J connectivity index is 3.87. The lowest BCUT2D eigenvalue weighted by Gasteiger charge is -2.10. The van der Waals surface area contributed by atoms with E-state index in [-0.39, 0.29) is 5.76 Å². The van der Waals surface area contributed by atoms with Crippen molar-refractivity contribution in [2.45, 2.75) is 6.29 Å². The van der Waals surface area contributed by atoms with Crippen LogP contribution in [0.1, 0.15) is 0 Å². The molecule has 0 aliphatic rings. The van der Waals surface area contributed by atoms with Crippen LogP contribution >= 0.6 is 0 Å². The summed E-state index contributed by atoms with van der Waals surface area (Å²) in [5.74, 6) is -0.0903. The van der Waals surface area contributed by atoms with Crippen molar-refractivity contribution < 1.29 is 19.3 Å². The first-order valence-corrected chi connectivity index (χ1v) is 2.73. The molecule has 4 nitrogen and oxygen atoms in total. The van der Waals surface area contributed by atoms with E-state index in [4.69, 9.17) is 14.6 Å². The number of aliphatic hydroxyl groups excluding tert-OH is 1. The molecule has 0 unspecified atom stereocenters. The normalized spacial score (nSPS) is 12.2. The van der Waals surface area contributed by atoms with Crippen LogP contribution in [0, 0.1) is 0 Å². The Morgan fingerprint density at radius 2 is 1.80 bits per heavy atom. The largest absolute Gasteiger partial charge is 0.505 e. The SMILES string of the molecule is COC=C(O)C(OC)OC. The van der Waals surface area contributed by atoms with E-state index in [0.717, 1.165) is 6.26 Å². The lowest BCUT2D eigenvalue weighted by Crippen LogP contribution is -2.15. The summed E-state index contributed by atoms with van der Waals surface area (Å²) >= 11 is 0. The van der Waals surface area contributed by atoms with Gasteiger partial charge in [0.1, 0.15) is 6.26 Å². The molecule has 0 atom stereocenters. The Labute approximate surface area is 60.0 Å². The number of rotatable bonds is 4. The Morgan fingerprint density at radius 3 is 2.10 bits per heavy atom. The van der Waals surface area contributed by atoms with Gasteiger partial charge in [0.15, 0.2) is 5.76 Å². The van der Waals surface area contributed by atoms with Crippen LogP contribution in [0.25, 0.3) is 0 Å². The van der Waals surface area contributed by atoms with Crippen molar-refractivity contribution in [1.29, 1.82) is 0 Å². The fourth-order valence-corrected chi connectivity index (χ4v) is 0.514. The minimum absolute atomic E-state index is 0.0903. The average molecular weight is 148 g/mol. The molecule has 60 valence electrons. The van der Waals surface area contributed by atoms with Gasteiger partial charge in [-0.3, -0.25) is 0 Å². The minimum Gasteiger partial charge on any atom is -0.505 e. The van der Waals surface area contributed by atoms with Crippen molar-refractivity contribution in [3.8, 4) is 0 Å². The van der Waals surface area contributed by atoms with Crippen LogP contribution in [0.5, 0.6) is 0 Å². The molecule has 0 aromatic carbocycles. The highest BCUT2D eigenvalue weighted by Gasteiger charge is 2.09. The predicted octanol–water partition coefficient (Wildman–Crippen LogP) is 0.651. The van der Waals surface area contributed by atoms with Crippen molar-refractivity contribution in [3.05, 3.63) is 12.0 Å². The van der Waals surface area contributed by atoms with E-state index in [1.165, 1.54) is 21.3 Å². The van der Waals surface area contributed by atoms with Gasteiger partial charge in [-0.25, -0.2) is 0 Å². The molecule has 0 saturated carbocycles. The van der Waals surface area contributed by atoms with Crippen molar-refractivity contribution in [2.75, 3.05) is 21.3 Å². The van der Waals surface area contributed by atoms with Gasteiger partial charge in [-0.05, 0) is 0 Å². The fourth-order valence-electron chi connectivity index (χ4n) is 0.514. The standard InChI is InChI=1S/C6H12O4/c1-8-4-5(7)6(9-2)10-3/h4,6-7H,1-3H3. The topological polar surface area (TPSA) is 47.9 Å². The van der Waals surface area contributed by atoms with Crippen molar-refractivity contribution in [3.63, 3.8) is 0 Å². The van der Waals surface area contributed by atoms with E-state index in [1.54, 1.807) is 0 Å². The Morgan fingerprint density at radius 1 is 1.30 bits per heavy atom. The molecule has 0 radical (unpaired) electrons. The molecule has 0 aromatic rings. The van der Waals surface area contributed by atoms with E-state index in [9.17, 15) is 0 Å². The van der Waals surface area contributed by atoms with Gasteiger partial charge in [0.25, 0.3) is 0 Å². The summed E-state index contributed by atoms with van der Waals surface area (Å²) in [6.45, 7) is 0. The van der Waals surface area contributed by atoms with Gasteiger partial charge in [0.05, 0.1) is 7.11 Å². The molecule has 0 aromatic heterocycles. The van der Waals surface area contributed by atoms with Gasteiger partial charge in [-0.2, -0.15) is 0 Å². The molecule has 0 aliphatic heterocycles. The number of ether oxygens (including phenoxy) is 3. The maximum Gasteiger partial charge on any atom is 0.219 e. The van der Waals surface area contributed by atoms with Crippen molar-refractivity contribution in [1.82, 2.24) is 0 Å². The van der Waals surface area contributed by atoms with Crippen molar-refractivity contribution >= 4 is 0 Å². The van der Waals surface area contributed by atoms with E-state index in [1.807, 2.05) is 0 Å². The zero-order chi connectivity index (χ0) is 7.98. The molecule has 0 saturated heterocycles. The lowest BCUT2D eigenvalue weighted by atomic mass is 10.5. The molecule has 0 fully saturated rings. The first kappa shape index (κ1) is 9.26. The maximum absolute atomic E-state index is 9.00. The number of hydrogen-bond acceptors (Lipinski definition) is 4. The molecule has 0 bridgehead atoms. The summed E-state index contributed by atoms with van der Waals surface area (Å²) < 4.78 is 13.9. The third-order valence-corrected chi connectivity index (χ3v) is 0.908. The van der Waals surface area contributed by atoms with Crippen LogP contribution in [0.3, 0.4) is 0 Å². The average Bonchev–Trinajstić information content (AvgIpc) is 1.91. The minimum atomic E-state index is -0.736. The third-order valence-electron chi connectivity index (χ3n) is 0.908. The lowest BCUT2D eigenvalue weighted by molar-refractivity contribution is -0.0983. The highest BCUT2D eigenvalue weighted by atomic mass is 16.7. The van der Waals surface area contributed by atoms with Gasteiger partial charge < -0.3 is 19.3 Å². The summed E-state index contributed by atoms with van der Waals surface area (Å²) in [6.07, 6.45) is 0.414. The second-order valence-corrected chi connectivity index (χ2v) is 1.58. The van der Waals surface area contributed by atoms with E-state index < -0.39 is 6.29 Å². The van der Waals surface area contributed by atoms with E-state index in [2.05, 4.69) is 4.74 Å². The van der Waals surface area contributed by atoms with Crippen LogP contribution in [-0.2, 0) is 14.2 Å². The van der Waals surface area contributed by atoms with Crippen LogP contribution in [0.2, 0.25) is 0 Å². The first-order valence-electron chi connectivity index (χ1n) is 2.73. The Hall–Kier alpha value is -0.740. The molecule has 0 aliphatic carbocycles. The maximum atomic E-state index is 9.00. The molecular formula is C6H12O4. The molecular weight excluding hydrogens is 136 g/mol. The molecule has 10 heavy (non-hydrogen) atoms. The zero-order valence-corrected chi connectivity index (χ0v) is 6.33. The zero-order valence-electron chi connectivity index (χ0n) is 6.33. The van der Waals surface area contributed by atoms with Crippen LogP contribution < -0.4 is 0 Å². The van der Waals surface area contributed by atoms with Gasteiger partial charge in [0, 0.05) is 14.2 Å². The van der Waals surface area contributed by atoms with Crippen LogP contribution in [0.4, 0.5) is 0 Å². The third kappa shape index (κ3) is 2.70. The summed E-state index contributed by atoms with van der Waals surface area (Å²) in [5, 5.41) is 9.00. The van der Waals surface area contributed by atoms with E-state index in [0.29, 0.717) is 0 Å². The molecule has 4 heteroatoms. The van der Waals surface area contributed by atoms with Gasteiger partial charge >= 0.3 is 0 Å². The van der Waals surface area contributed by atoms with Gasteiger partial charge in [-0.15, -0.1) is 0 Å². The van der Waals surface area contributed by atoms with E-state index >= 15 is 0 Å². The summed E-state index contributed by atoms with van der Waals surface area (Å²) in [6, 6.07) is 0. The summed E-state index contributed by atoms with van der Waals surface area (Å²) in [7, 11) is 4.28. The molecule has 1 N–H and O–H groups in total. The number of methoxy groups -OCH3 is 3. The Kier molecular flexibility index (Phi) is 4.70. The summed E-state index contributed by atoms with van der Waals surface area (Å²) in [5.41, 5.74) is 0.